The third-order valence-electron chi connectivity index (χ3n) is 3.32. The third kappa shape index (κ3) is 7.46. The maximum absolute atomic E-state index is 4.67. The summed E-state index contributed by atoms with van der Waals surface area (Å²) in [6.45, 7) is 16.2. The van der Waals surface area contributed by atoms with Gasteiger partial charge < -0.3 is 16.0 Å². The van der Waals surface area contributed by atoms with Crippen molar-refractivity contribution in [3.8, 4) is 0 Å². The number of hydrogen-bond donors (Lipinski definition) is 3. The largest absolute Gasteiger partial charge is 0.357 e. The molecular weight excluding hydrogens is 272 g/mol. The van der Waals surface area contributed by atoms with Gasteiger partial charge in [-0.1, -0.05) is 23.8 Å². The Labute approximate surface area is 135 Å². The lowest BCUT2D eigenvalue weighted by Crippen LogP contribution is -2.44. The van der Waals surface area contributed by atoms with Crippen LogP contribution in [0, 0.1) is 13.8 Å². The van der Waals surface area contributed by atoms with Gasteiger partial charge in [0.1, 0.15) is 0 Å². The molecule has 4 heteroatoms. The number of guanidine groups is 1. The molecule has 0 aliphatic carbocycles. The quantitative estimate of drug-likeness (QED) is 0.430. The second-order valence-electron chi connectivity index (χ2n) is 6.73. The lowest BCUT2D eigenvalue weighted by molar-refractivity contribution is 0.428. The number of hydrogen-bond acceptors (Lipinski definition) is 2. The predicted octanol–water partition coefficient (Wildman–Crippen LogP) is 2.75. The van der Waals surface area contributed by atoms with E-state index in [9.17, 15) is 0 Å². The van der Waals surface area contributed by atoms with E-state index in [2.05, 4.69) is 80.7 Å². The molecule has 1 aromatic rings. The SMILES string of the molecule is CCNC(=NCc1ccc(C)cc1C)NCCNC(C)(C)C. The Hall–Kier alpha value is -1.55. The summed E-state index contributed by atoms with van der Waals surface area (Å²) in [4.78, 5) is 4.67. The summed E-state index contributed by atoms with van der Waals surface area (Å²) in [5, 5.41) is 10.1. The highest BCUT2D eigenvalue weighted by Gasteiger charge is 2.07. The van der Waals surface area contributed by atoms with Crippen molar-refractivity contribution in [2.24, 2.45) is 4.99 Å². The van der Waals surface area contributed by atoms with Gasteiger partial charge in [0.2, 0.25) is 0 Å². The maximum atomic E-state index is 4.67. The molecule has 0 spiro atoms. The van der Waals surface area contributed by atoms with Crippen LogP contribution >= 0.6 is 0 Å². The lowest BCUT2D eigenvalue weighted by Gasteiger charge is -2.21. The number of rotatable bonds is 6. The Kier molecular flexibility index (Phi) is 7.39. The van der Waals surface area contributed by atoms with E-state index in [1.807, 2.05) is 0 Å². The van der Waals surface area contributed by atoms with Crippen LogP contribution < -0.4 is 16.0 Å². The first-order valence-electron chi connectivity index (χ1n) is 8.15. The average molecular weight is 304 g/mol. The van der Waals surface area contributed by atoms with Gasteiger partial charge in [0.25, 0.3) is 0 Å². The molecule has 0 saturated heterocycles. The van der Waals surface area contributed by atoms with Crippen LogP contribution in [0.2, 0.25) is 0 Å². The fourth-order valence-electron chi connectivity index (χ4n) is 2.15. The van der Waals surface area contributed by atoms with E-state index in [-0.39, 0.29) is 5.54 Å². The molecule has 0 heterocycles. The molecule has 0 saturated carbocycles. The van der Waals surface area contributed by atoms with Crippen LogP contribution in [0.4, 0.5) is 0 Å². The van der Waals surface area contributed by atoms with Crippen LogP contribution in [0.1, 0.15) is 44.4 Å². The number of nitrogens with zero attached hydrogens (tertiary/aromatic N) is 1. The monoisotopic (exact) mass is 304 g/mol. The van der Waals surface area contributed by atoms with Gasteiger partial charge in [-0.2, -0.15) is 0 Å². The fraction of sp³-hybridized carbons (Fsp3) is 0.611. The molecule has 0 aliphatic heterocycles. The van der Waals surface area contributed by atoms with Gasteiger partial charge in [-0.3, -0.25) is 0 Å². The fourth-order valence-corrected chi connectivity index (χ4v) is 2.15. The van der Waals surface area contributed by atoms with E-state index in [1.54, 1.807) is 0 Å². The molecule has 0 atom stereocenters. The molecule has 3 N–H and O–H groups in total. The van der Waals surface area contributed by atoms with Crippen molar-refractivity contribution >= 4 is 5.96 Å². The molecule has 0 amide bonds. The number of aryl methyl sites for hydroxylation is 2. The smallest absolute Gasteiger partial charge is 0.191 e. The Balaban J connectivity index is 2.54. The lowest BCUT2D eigenvalue weighted by atomic mass is 10.1. The van der Waals surface area contributed by atoms with E-state index in [4.69, 9.17) is 0 Å². The van der Waals surface area contributed by atoms with E-state index in [1.165, 1.54) is 16.7 Å². The van der Waals surface area contributed by atoms with Crippen LogP contribution in [0.3, 0.4) is 0 Å². The first kappa shape index (κ1) is 18.5. The second kappa shape index (κ2) is 8.79. The molecule has 0 fully saturated rings. The van der Waals surface area contributed by atoms with Crippen LogP contribution in [0.15, 0.2) is 23.2 Å². The van der Waals surface area contributed by atoms with Crippen molar-refractivity contribution in [2.45, 2.75) is 53.6 Å². The molecular formula is C18H32N4. The van der Waals surface area contributed by atoms with Crippen LogP contribution in [0.25, 0.3) is 0 Å². The third-order valence-corrected chi connectivity index (χ3v) is 3.32. The van der Waals surface area contributed by atoms with Gasteiger partial charge in [0.15, 0.2) is 5.96 Å². The number of aliphatic imine (C=N–C) groups is 1. The van der Waals surface area contributed by atoms with Crippen molar-refractivity contribution in [1.82, 2.24) is 16.0 Å². The minimum absolute atomic E-state index is 0.149. The molecule has 0 aliphatic rings. The van der Waals surface area contributed by atoms with E-state index in [0.717, 1.165) is 25.6 Å². The highest BCUT2D eigenvalue weighted by molar-refractivity contribution is 5.79. The van der Waals surface area contributed by atoms with Crippen LogP contribution in [-0.2, 0) is 6.54 Å². The van der Waals surface area contributed by atoms with Gasteiger partial charge in [-0.15, -0.1) is 0 Å². The Morgan fingerprint density at radius 1 is 1.09 bits per heavy atom. The summed E-state index contributed by atoms with van der Waals surface area (Å²) in [5.74, 6) is 0.873. The van der Waals surface area contributed by atoms with Crippen molar-refractivity contribution in [3.63, 3.8) is 0 Å². The zero-order valence-electron chi connectivity index (χ0n) is 15.0. The van der Waals surface area contributed by atoms with Crippen molar-refractivity contribution in [1.29, 1.82) is 0 Å². The Morgan fingerprint density at radius 3 is 2.41 bits per heavy atom. The van der Waals surface area contributed by atoms with Crippen LogP contribution in [-0.4, -0.2) is 31.1 Å². The highest BCUT2D eigenvalue weighted by atomic mass is 15.2. The van der Waals surface area contributed by atoms with E-state index in [0.29, 0.717) is 6.54 Å². The van der Waals surface area contributed by atoms with Gasteiger partial charge in [-0.25, -0.2) is 4.99 Å². The average Bonchev–Trinajstić information content (AvgIpc) is 2.41. The zero-order chi connectivity index (χ0) is 16.6. The predicted molar refractivity (Wildman–Crippen MR) is 96.5 cm³/mol. The first-order valence-corrected chi connectivity index (χ1v) is 8.15. The molecule has 124 valence electrons. The van der Waals surface area contributed by atoms with Crippen molar-refractivity contribution in [3.05, 3.63) is 34.9 Å². The number of nitrogens with one attached hydrogen (secondary N) is 3. The standard InChI is InChI=1S/C18H32N4/c1-7-19-17(20-10-11-22-18(4,5)6)21-13-16-9-8-14(2)12-15(16)3/h8-9,12,22H,7,10-11,13H2,1-6H3,(H2,19,20,21). The summed E-state index contributed by atoms with van der Waals surface area (Å²) >= 11 is 0. The molecule has 22 heavy (non-hydrogen) atoms. The van der Waals surface area contributed by atoms with Gasteiger partial charge >= 0.3 is 0 Å². The zero-order valence-corrected chi connectivity index (χ0v) is 15.0. The minimum atomic E-state index is 0.149. The van der Waals surface area contributed by atoms with E-state index >= 15 is 0 Å². The van der Waals surface area contributed by atoms with E-state index < -0.39 is 0 Å². The topological polar surface area (TPSA) is 48.5 Å². The molecule has 4 nitrogen and oxygen atoms in total. The molecule has 0 bridgehead atoms. The molecule has 1 rings (SSSR count). The normalized spacial score (nSPS) is 12.4. The molecule has 0 radical (unpaired) electrons. The van der Waals surface area contributed by atoms with Crippen molar-refractivity contribution in [2.75, 3.05) is 19.6 Å². The van der Waals surface area contributed by atoms with Crippen LogP contribution in [0.5, 0.6) is 0 Å². The highest BCUT2D eigenvalue weighted by Crippen LogP contribution is 2.11. The summed E-state index contributed by atoms with van der Waals surface area (Å²) < 4.78 is 0. The molecule has 0 unspecified atom stereocenters. The van der Waals surface area contributed by atoms with Gasteiger partial charge in [0.05, 0.1) is 6.54 Å². The Morgan fingerprint density at radius 2 is 1.82 bits per heavy atom. The summed E-state index contributed by atoms with van der Waals surface area (Å²) in [5.41, 5.74) is 4.02. The molecule has 1 aromatic carbocycles. The maximum Gasteiger partial charge on any atom is 0.191 e. The van der Waals surface area contributed by atoms with Gasteiger partial charge in [-0.05, 0) is 52.7 Å². The minimum Gasteiger partial charge on any atom is -0.357 e. The Bertz CT molecular complexity index is 486. The number of benzene rings is 1. The molecule has 0 aromatic heterocycles. The van der Waals surface area contributed by atoms with Gasteiger partial charge in [0, 0.05) is 25.2 Å². The van der Waals surface area contributed by atoms with Crippen molar-refractivity contribution < 1.29 is 0 Å². The second-order valence-corrected chi connectivity index (χ2v) is 6.73. The first-order chi connectivity index (χ1) is 10.3. The summed E-state index contributed by atoms with van der Waals surface area (Å²) in [7, 11) is 0. The summed E-state index contributed by atoms with van der Waals surface area (Å²) in [6.07, 6.45) is 0. The summed E-state index contributed by atoms with van der Waals surface area (Å²) in [6, 6.07) is 6.52.